The molecule has 0 unspecified atom stereocenters. The van der Waals surface area contributed by atoms with E-state index in [1.165, 1.54) is 6.08 Å². The molecule has 0 nitrogen and oxygen atoms in total. The molecular formula is C6H9FS. The van der Waals surface area contributed by atoms with Crippen LogP contribution in [0.3, 0.4) is 0 Å². The number of hydrogen-bond donors (Lipinski definition) is 0. The van der Waals surface area contributed by atoms with Crippen molar-refractivity contribution in [3.63, 3.8) is 0 Å². The standard InChI is InChI=1S/C6H9FS/c1-5(2)4-6(7)8-3/h4H,1H2,2-3H3/b6-4-. The van der Waals surface area contributed by atoms with E-state index in [0.29, 0.717) is 0 Å². The predicted octanol–water partition coefficient (Wildman–Crippen LogP) is 2.74. The fourth-order valence-corrected chi connectivity index (χ4v) is 0.572. The van der Waals surface area contributed by atoms with E-state index >= 15 is 0 Å². The minimum absolute atomic E-state index is 0.183. The van der Waals surface area contributed by atoms with Crippen LogP contribution in [0.2, 0.25) is 0 Å². The lowest BCUT2D eigenvalue weighted by atomic mass is 10.4. The molecule has 8 heavy (non-hydrogen) atoms. The van der Waals surface area contributed by atoms with Crippen molar-refractivity contribution in [1.82, 2.24) is 0 Å². The lowest BCUT2D eigenvalue weighted by Crippen LogP contribution is -1.64. The molecule has 0 saturated heterocycles. The maximum atomic E-state index is 12.1. The van der Waals surface area contributed by atoms with Crippen molar-refractivity contribution in [2.75, 3.05) is 6.26 Å². The van der Waals surface area contributed by atoms with Gasteiger partial charge in [0.25, 0.3) is 0 Å². The van der Waals surface area contributed by atoms with Crippen LogP contribution in [-0.2, 0) is 0 Å². The minimum atomic E-state index is -0.183. The van der Waals surface area contributed by atoms with Crippen LogP contribution in [0.25, 0.3) is 0 Å². The van der Waals surface area contributed by atoms with Gasteiger partial charge in [-0.15, -0.1) is 0 Å². The summed E-state index contributed by atoms with van der Waals surface area (Å²) in [6.45, 7) is 5.27. The van der Waals surface area contributed by atoms with Crippen molar-refractivity contribution < 1.29 is 4.39 Å². The Bertz CT molecular complexity index is 116. The van der Waals surface area contributed by atoms with Crippen LogP contribution in [0.1, 0.15) is 6.92 Å². The largest absolute Gasteiger partial charge is 0.199 e. The third-order valence-electron chi connectivity index (χ3n) is 0.555. The Morgan fingerprint density at radius 2 is 2.25 bits per heavy atom. The second-order valence-corrected chi connectivity index (χ2v) is 2.30. The maximum absolute atomic E-state index is 12.1. The van der Waals surface area contributed by atoms with Gasteiger partial charge in [-0.3, -0.25) is 0 Å². The Kier molecular flexibility index (Phi) is 3.61. The molecule has 0 aliphatic heterocycles. The van der Waals surface area contributed by atoms with E-state index in [1.807, 2.05) is 0 Å². The van der Waals surface area contributed by atoms with Gasteiger partial charge in [0.1, 0.15) is 0 Å². The quantitative estimate of drug-likeness (QED) is 0.520. The van der Waals surface area contributed by atoms with Gasteiger partial charge in [-0.1, -0.05) is 23.9 Å². The molecule has 0 N–H and O–H groups in total. The van der Waals surface area contributed by atoms with E-state index < -0.39 is 0 Å². The highest BCUT2D eigenvalue weighted by atomic mass is 32.2. The van der Waals surface area contributed by atoms with Gasteiger partial charge in [0.2, 0.25) is 0 Å². The van der Waals surface area contributed by atoms with Gasteiger partial charge in [-0.25, -0.2) is 0 Å². The Hall–Kier alpha value is -0.240. The monoisotopic (exact) mass is 132 g/mol. The Morgan fingerprint density at radius 3 is 2.38 bits per heavy atom. The highest BCUT2D eigenvalue weighted by Gasteiger charge is 1.86. The van der Waals surface area contributed by atoms with Crippen LogP contribution < -0.4 is 0 Å². The summed E-state index contributed by atoms with van der Waals surface area (Å²) < 4.78 is 12.1. The van der Waals surface area contributed by atoms with Gasteiger partial charge < -0.3 is 0 Å². The van der Waals surface area contributed by atoms with Crippen molar-refractivity contribution in [1.29, 1.82) is 0 Å². The van der Waals surface area contributed by atoms with Crippen molar-refractivity contribution in [2.24, 2.45) is 0 Å². The maximum Gasteiger partial charge on any atom is 0.156 e. The first kappa shape index (κ1) is 7.76. The Labute approximate surface area is 53.5 Å². The molecule has 46 valence electrons. The third kappa shape index (κ3) is 3.93. The van der Waals surface area contributed by atoms with Gasteiger partial charge in [0, 0.05) is 0 Å². The molecular weight excluding hydrogens is 123 g/mol. The van der Waals surface area contributed by atoms with E-state index in [1.54, 1.807) is 13.2 Å². The lowest BCUT2D eigenvalue weighted by molar-refractivity contribution is 0.699. The molecule has 0 heterocycles. The molecule has 0 fully saturated rings. The van der Waals surface area contributed by atoms with Gasteiger partial charge in [0.05, 0.1) is 0 Å². The van der Waals surface area contributed by atoms with Gasteiger partial charge in [-0.05, 0) is 19.3 Å². The van der Waals surface area contributed by atoms with Gasteiger partial charge in [-0.2, -0.15) is 4.39 Å². The molecule has 2 heteroatoms. The molecule has 0 aromatic carbocycles. The van der Waals surface area contributed by atoms with E-state index in [2.05, 4.69) is 6.58 Å². The number of hydrogen-bond acceptors (Lipinski definition) is 1. The zero-order valence-electron chi connectivity index (χ0n) is 5.07. The molecule has 0 amide bonds. The Morgan fingerprint density at radius 1 is 1.75 bits per heavy atom. The summed E-state index contributed by atoms with van der Waals surface area (Å²) in [6, 6.07) is 0. The SMILES string of the molecule is C=C(C)/C=C(/F)SC. The normalized spacial score (nSPS) is 11.6. The summed E-state index contributed by atoms with van der Waals surface area (Å²) in [5, 5.41) is -0.183. The van der Waals surface area contributed by atoms with Crippen molar-refractivity contribution >= 4 is 11.8 Å². The fourth-order valence-electron chi connectivity index (χ4n) is 0.253. The smallest absolute Gasteiger partial charge is 0.156 e. The second kappa shape index (κ2) is 3.72. The summed E-state index contributed by atoms with van der Waals surface area (Å²) in [4.78, 5) is 0. The van der Waals surface area contributed by atoms with Crippen molar-refractivity contribution in [2.45, 2.75) is 6.92 Å². The van der Waals surface area contributed by atoms with E-state index in [9.17, 15) is 4.39 Å². The first-order chi connectivity index (χ1) is 3.66. The fraction of sp³-hybridized carbons (Fsp3) is 0.333. The van der Waals surface area contributed by atoms with Gasteiger partial charge >= 0.3 is 0 Å². The summed E-state index contributed by atoms with van der Waals surface area (Å²) in [5.74, 6) is 0. The highest BCUT2D eigenvalue weighted by molar-refractivity contribution is 8.02. The molecule has 0 aliphatic rings. The number of allylic oxidation sites excluding steroid dienone is 2. The van der Waals surface area contributed by atoms with E-state index in [0.717, 1.165) is 17.3 Å². The Balaban J connectivity index is 3.75. The third-order valence-corrected chi connectivity index (χ3v) is 1.06. The number of rotatable bonds is 2. The molecule has 0 aromatic heterocycles. The molecule has 0 spiro atoms. The minimum Gasteiger partial charge on any atom is -0.199 e. The van der Waals surface area contributed by atoms with E-state index in [4.69, 9.17) is 0 Å². The van der Waals surface area contributed by atoms with Crippen molar-refractivity contribution in [3.05, 3.63) is 23.4 Å². The zero-order valence-corrected chi connectivity index (χ0v) is 5.89. The molecule has 0 bridgehead atoms. The van der Waals surface area contributed by atoms with Gasteiger partial charge in [0.15, 0.2) is 5.16 Å². The average molecular weight is 132 g/mol. The summed E-state index contributed by atoms with van der Waals surface area (Å²) >= 11 is 1.09. The number of thioether (sulfide) groups is 1. The van der Waals surface area contributed by atoms with Crippen LogP contribution in [0.15, 0.2) is 23.4 Å². The second-order valence-electron chi connectivity index (χ2n) is 1.50. The summed E-state index contributed by atoms with van der Waals surface area (Å²) in [6.07, 6.45) is 3.10. The lowest BCUT2D eigenvalue weighted by Gasteiger charge is -1.86. The van der Waals surface area contributed by atoms with Crippen LogP contribution >= 0.6 is 11.8 Å². The molecule has 0 radical (unpaired) electrons. The topological polar surface area (TPSA) is 0 Å². The van der Waals surface area contributed by atoms with Crippen LogP contribution in [-0.4, -0.2) is 6.26 Å². The first-order valence-corrected chi connectivity index (χ1v) is 3.46. The molecule has 0 aliphatic carbocycles. The molecule has 0 saturated carbocycles. The molecule has 0 atom stereocenters. The molecule has 0 rings (SSSR count). The number of halogens is 1. The zero-order chi connectivity index (χ0) is 6.57. The summed E-state index contributed by atoms with van der Waals surface area (Å²) in [5.41, 5.74) is 0.747. The molecule has 0 aromatic rings. The van der Waals surface area contributed by atoms with Crippen LogP contribution in [0.4, 0.5) is 4.39 Å². The predicted molar refractivity (Wildman–Crippen MR) is 37.5 cm³/mol. The van der Waals surface area contributed by atoms with Crippen LogP contribution in [0.5, 0.6) is 0 Å². The van der Waals surface area contributed by atoms with E-state index in [-0.39, 0.29) is 5.16 Å². The summed E-state index contributed by atoms with van der Waals surface area (Å²) in [7, 11) is 0. The van der Waals surface area contributed by atoms with Crippen LogP contribution in [0, 0.1) is 0 Å². The first-order valence-electron chi connectivity index (χ1n) is 2.23. The average Bonchev–Trinajstić information content (AvgIpc) is 1.65. The highest BCUT2D eigenvalue weighted by Crippen LogP contribution is 2.13. The van der Waals surface area contributed by atoms with Crippen molar-refractivity contribution in [3.8, 4) is 0 Å².